The van der Waals surface area contributed by atoms with E-state index < -0.39 is 46.4 Å². The molecule has 2 aromatic carbocycles. The van der Waals surface area contributed by atoms with E-state index >= 15 is 0 Å². The van der Waals surface area contributed by atoms with Gasteiger partial charge in [0.15, 0.2) is 17.5 Å². The van der Waals surface area contributed by atoms with Crippen molar-refractivity contribution in [1.29, 1.82) is 0 Å². The van der Waals surface area contributed by atoms with Crippen molar-refractivity contribution in [1.82, 2.24) is 0 Å². The number of hydrogen-bond donors (Lipinski definition) is 0. The maximum atomic E-state index is 15.0. The summed E-state index contributed by atoms with van der Waals surface area (Å²) in [6.07, 6.45) is 9.77. The monoisotopic (exact) mass is 478 g/mol. The molecule has 0 spiro atoms. The standard InChI is InChI=1S/C27H27F5O2/c1-2-3-4-15-5-6-17-10-18(8-7-16(17)9-15)25-21(28)11-19(12-22(25)29)27(33)34-20-13-23(30)26(32)24(31)14-20/h2,11-18H,1,3-10H2. The SMILES string of the molecule is C=CCCC1CCC2CC(c3c(F)cc(C(=O)Oc4cc(F)c(F)c(F)c4)cc3F)CCC2C1. The van der Waals surface area contributed by atoms with Crippen LogP contribution in [0.3, 0.4) is 0 Å². The molecule has 2 aromatic rings. The Morgan fingerprint density at radius 3 is 2.15 bits per heavy atom. The number of halogens is 5. The summed E-state index contributed by atoms with van der Waals surface area (Å²) in [5.41, 5.74) is -0.456. The summed E-state index contributed by atoms with van der Waals surface area (Å²) in [5, 5.41) is 0. The third kappa shape index (κ3) is 5.18. The highest BCUT2D eigenvalue weighted by Crippen LogP contribution is 2.49. The summed E-state index contributed by atoms with van der Waals surface area (Å²) in [6.45, 7) is 3.79. The molecule has 2 nitrogen and oxygen atoms in total. The number of hydrogen-bond acceptors (Lipinski definition) is 2. The smallest absolute Gasteiger partial charge is 0.343 e. The van der Waals surface area contributed by atoms with Crippen LogP contribution in [0.15, 0.2) is 36.9 Å². The number of rotatable bonds is 6. The van der Waals surface area contributed by atoms with Gasteiger partial charge in [0.2, 0.25) is 0 Å². The molecule has 2 saturated carbocycles. The van der Waals surface area contributed by atoms with Gasteiger partial charge in [0.1, 0.15) is 17.4 Å². The average molecular weight is 479 g/mol. The Kier molecular flexibility index (Phi) is 7.39. The number of fused-ring (bicyclic) bond motifs is 1. The third-order valence-electron chi connectivity index (χ3n) is 7.39. The molecule has 182 valence electrons. The van der Waals surface area contributed by atoms with Crippen molar-refractivity contribution < 1.29 is 31.5 Å². The number of allylic oxidation sites excluding steroid dienone is 1. The molecule has 0 heterocycles. The van der Waals surface area contributed by atoms with Crippen molar-refractivity contribution in [2.24, 2.45) is 17.8 Å². The van der Waals surface area contributed by atoms with Gasteiger partial charge in [-0.25, -0.2) is 26.7 Å². The van der Waals surface area contributed by atoms with Gasteiger partial charge < -0.3 is 4.74 Å². The van der Waals surface area contributed by atoms with Gasteiger partial charge in [-0.3, -0.25) is 0 Å². The predicted molar refractivity (Wildman–Crippen MR) is 118 cm³/mol. The highest BCUT2D eigenvalue weighted by molar-refractivity contribution is 5.91. The zero-order chi connectivity index (χ0) is 24.4. The molecule has 2 aliphatic rings. The van der Waals surface area contributed by atoms with Crippen molar-refractivity contribution in [3.8, 4) is 5.75 Å². The quantitative estimate of drug-likeness (QED) is 0.139. The normalized spacial score (nSPS) is 24.4. The summed E-state index contributed by atoms with van der Waals surface area (Å²) in [6, 6.07) is 2.74. The lowest BCUT2D eigenvalue weighted by molar-refractivity contribution is 0.0732. The van der Waals surface area contributed by atoms with Gasteiger partial charge in [0, 0.05) is 17.7 Å². The van der Waals surface area contributed by atoms with Crippen LogP contribution in [0.2, 0.25) is 0 Å². The first kappa shape index (κ1) is 24.4. The largest absolute Gasteiger partial charge is 0.423 e. The fourth-order valence-corrected chi connectivity index (χ4v) is 5.71. The molecule has 0 aliphatic heterocycles. The molecule has 0 saturated heterocycles. The Labute approximate surface area is 195 Å². The van der Waals surface area contributed by atoms with Crippen molar-refractivity contribution >= 4 is 5.97 Å². The van der Waals surface area contributed by atoms with E-state index in [0.29, 0.717) is 42.7 Å². The van der Waals surface area contributed by atoms with Crippen LogP contribution < -0.4 is 4.74 Å². The van der Waals surface area contributed by atoms with E-state index in [1.807, 2.05) is 6.08 Å². The van der Waals surface area contributed by atoms with Gasteiger partial charge >= 0.3 is 5.97 Å². The van der Waals surface area contributed by atoms with Crippen LogP contribution >= 0.6 is 0 Å². The van der Waals surface area contributed by atoms with Crippen molar-refractivity contribution in [3.63, 3.8) is 0 Å². The molecule has 7 heteroatoms. The van der Waals surface area contributed by atoms with E-state index in [2.05, 4.69) is 6.58 Å². The molecule has 0 amide bonds. The van der Waals surface area contributed by atoms with Crippen LogP contribution in [0.4, 0.5) is 22.0 Å². The number of carbonyl (C=O) groups excluding carboxylic acids is 1. The summed E-state index contributed by atoms with van der Waals surface area (Å²) in [4.78, 5) is 12.3. The fraction of sp³-hybridized carbons (Fsp3) is 0.444. The van der Waals surface area contributed by atoms with Crippen molar-refractivity contribution in [3.05, 3.63) is 77.1 Å². The Morgan fingerprint density at radius 1 is 0.882 bits per heavy atom. The molecule has 4 unspecified atom stereocenters. The zero-order valence-corrected chi connectivity index (χ0v) is 18.8. The Balaban J connectivity index is 1.45. The van der Waals surface area contributed by atoms with Crippen LogP contribution in [0.5, 0.6) is 5.75 Å². The molecule has 4 rings (SSSR count). The minimum absolute atomic E-state index is 0.0253. The van der Waals surface area contributed by atoms with E-state index in [1.165, 1.54) is 0 Å². The molecule has 0 aromatic heterocycles. The lowest BCUT2D eigenvalue weighted by Gasteiger charge is -2.42. The second kappa shape index (κ2) is 10.3. The van der Waals surface area contributed by atoms with Gasteiger partial charge in [-0.05, 0) is 80.8 Å². The van der Waals surface area contributed by atoms with E-state index in [-0.39, 0.29) is 11.5 Å². The fourth-order valence-electron chi connectivity index (χ4n) is 5.71. The first-order chi connectivity index (χ1) is 16.3. The molecular weight excluding hydrogens is 451 g/mol. The van der Waals surface area contributed by atoms with Crippen LogP contribution in [0, 0.1) is 46.8 Å². The molecular formula is C27H27F5O2. The highest BCUT2D eigenvalue weighted by Gasteiger charge is 2.37. The van der Waals surface area contributed by atoms with E-state index in [9.17, 15) is 26.7 Å². The average Bonchev–Trinajstić information content (AvgIpc) is 2.80. The minimum atomic E-state index is -1.71. The number of ether oxygens (including phenoxy) is 1. The minimum Gasteiger partial charge on any atom is -0.423 e. The Morgan fingerprint density at radius 2 is 1.50 bits per heavy atom. The maximum Gasteiger partial charge on any atom is 0.343 e. The number of carbonyl (C=O) groups is 1. The third-order valence-corrected chi connectivity index (χ3v) is 7.39. The predicted octanol–water partition coefficient (Wildman–Crippen LogP) is 7.87. The Hall–Kier alpha value is -2.70. The first-order valence-corrected chi connectivity index (χ1v) is 11.7. The second-order valence-electron chi connectivity index (χ2n) is 9.52. The highest BCUT2D eigenvalue weighted by atomic mass is 19.2. The van der Waals surface area contributed by atoms with E-state index in [0.717, 1.165) is 50.7 Å². The van der Waals surface area contributed by atoms with Gasteiger partial charge in [-0.2, -0.15) is 0 Å². The maximum absolute atomic E-state index is 15.0. The molecule has 4 atom stereocenters. The van der Waals surface area contributed by atoms with Crippen LogP contribution in [0.25, 0.3) is 0 Å². The topological polar surface area (TPSA) is 26.3 Å². The number of benzene rings is 2. The molecule has 2 aliphatic carbocycles. The summed E-state index contributed by atoms with van der Waals surface area (Å²) >= 11 is 0. The summed E-state index contributed by atoms with van der Waals surface area (Å²) in [7, 11) is 0. The Bertz CT molecular complexity index is 1040. The van der Waals surface area contributed by atoms with Crippen molar-refractivity contribution in [2.75, 3.05) is 0 Å². The van der Waals surface area contributed by atoms with Gasteiger partial charge in [-0.15, -0.1) is 6.58 Å². The van der Waals surface area contributed by atoms with Crippen LogP contribution in [-0.2, 0) is 0 Å². The van der Waals surface area contributed by atoms with E-state index in [4.69, 9.17) is 4.74 Å². The molecule has 34 heavy (non-hydrogen) atoms. The number of esters is 1. The lowest BCUT2D eigenvalue weighted by atomic mass is 9.63. The second-order valence-corrected chi connectivity index (χ2v) is 9.52. The van der Waals surface area contributed by atoms with Crippen LogP contribution in [-0.4, -0.2) is 5.97 Å². The summed E-state index contributed by atoms with van der Waals surface area (Å²) in [5.74, 6) is -6.83. The summed E-state index contributed by atoms with van der Waals surface area (Å²) < 4.78 is 74.5. The van der Waals surface area contributed by atoms with E-state index in [1.54, 1.807) is 0 Å². The molecule has 2 fully saturated rings. The van der Waals surface area contributed by atoms with Crippen molar-refractivity contribution in [2.45, 2.75) is 57.3 Å². The van der Waals surface area contributed by atoms with Gasteiger partial charge in [0.25, 0.3) is 0 Å². The zero-order valence-electron chi connectivity index (χ0n) is 18.8. The lowest BCUT2D eigenvalue weighted by Crippen LogP contribution is -2.31. The van der Waals surface area contributed by atoms with Gasteiger partial charge in [-0.1, -0.05) is 12.5 Å². The van der Waals surface area contributed by atoms with Crippen LogP contribution in [0.1, 0.15) is 73.2 Å². The van der Waals surface area contributed by atoms with Gasteiger partial charge in [0.05, 0.1) is 5.56 Å². The molecule has 0 N–H and O–H groups in total. The first-order valence-electron chi connectivity index (χ1n) is 11.7. The molecule has 0 bridgehead atoms. The molecule has 0 radical (unpaired) electrons.